The first-order valence-electron chi connectivity index (χ1n) is 11.5. The van der Waals surface area contributed by atoms with E-state index in [1.165, 1.54) is 63.4 Å². The second-order valence-corrected chi connectivity index (χ2v) is 7.86. The fraction of sp³-hybridized carbons (Fsp3) is 0.720. The Hall–Kier alpha value is -1.31. The van der Waals surface area contributed by atoms with Crippen molar-refractivity contribution in [3.05, 3.63) is 35.9 Å². The van der Waals surface area contributed by atoms with E-state index in [0.717, 1.165) is 32.1 Å². The lowest BCUT2D eigenvalue weighted by atomic mass is 9.94. The van der Waals surface area contributed by atoms with Gasteiger partial charge in [-0.3, -0.25) is 4.79 Å². The number of benzene rings is 1. The molecule has 1 aromatic carbocycles. The maximum atomic E-state index is 12.6. The van der Waals surface area contributed by atoms with Gasteiger partial charge in [0.1, 0.15) is 0 Å². The van der Waals surface area contributed by atoms with Crippen molar-refractivity contribution in [2.24, 2.45) is 5.92 Å². The fourth-order valence-electron chi connectivity index (χ4n) is 3.58. The Bertz CT molecular complexity index is 455. The van der Waals surface area contributed by atoms with Gasteiger partial charge in [-0.2, -0.15) is 0 Å². The molecule has 2 nitrogen and oxygen atoms in total. The first-order valence-corrected chi connectivity index (χ1v) is 11.5. The zero-order valence-electron chi connectivity index (χ0n) is 17.9. The number of unbranched alkanes of at least 4 members (excludes halogenated alkanes) is 8. The van der Waals surface area contributed by atoms with E-state index < -0.39 is 0 Å². The molecule has 0 aromatic heterocycles. The van der Waals surface area contributed by atoms with Crippen LogP contribution in [0, 0.1) is 5.92 Å². The predicted molar refractivity (Wildman–Crippen MR) is 116 cm³/mol. The van der Waals surface area contributed by atoms with Gasteiger partial charge in [0.25, 0.3) is 0 Å². The minimum atomic E-state index is 0.0492. The molecule has 0 aliphatic rings. The summed E-state index contributed by atoms with van der Waals surface area (Å²) in [5, 5.41) is 0. The van der Waals surface area contributed by atoms with Gasteiger partial charge in [-0.25, -0.2) is 0 Å². The van der Waals surface area contributed by atoms with Crippen LogP contribution >= 0.6 is 0 Å². The zero-order valence-corrected chi connectivity index (χ0v) is 17.9. The summed E-state index contributed by atoms with van der Waals surface area (Å²) in [6.45, 7) is 5.03. The van der Waals surface area contributed by atoms with Crippen LogP contribution < -0.4 is 0 Å². The van der Waals surface area contributed by atoms with Crippen molar-refractivity contribution >= 4 is 5.97 Å². The number of hydrogen-bond acceptors (Lipinski definition) is 2. The summed E-state index contributed by atoms with van der Waals surface area (Å²) in [6, 6.07) is 10.4. The lowest BCUT2D eigenvalue weighted by Gasteiger charge is -2.16. The molecule has 0 radical (unpaired) electrons. The van der Waals surface area contributed by atoms with E-state index in [4.69, 9.17) is 4.74 Å². The first-order chi connectivity index (χ1) is 13.3. The van der Waals surface area contributed by atoms with Crippen LogP contribution in [0.2, 0.25) is 0 Å². The van der Waals surface area contributed by atoms with Crippen LogP contribution in [0.25, 0.3) is 0 Å². The number of esters is 1. The zero-order chi connectivity index (χ0) is 19.6. The topological polar surface area (TPSA) is 26.3 Å². The van der Waals surface area contributed by atoms with E-state index in [-0.39, 0.29) is 11.9 Å². The van der Waals surface area contributed by atoms with Crippen LogP contribution in [0.3, 0.4) is 0 Å². The van der Waals surface area contributed by atoms with Crippen molar-refractivity contribution in [2.75, 3.05) is 6.61 Å². The molecule has 1 unspecified atom stereocenters. The Labute approximate surface area is 168 Å². The van der Waals surface area contributed by atoms with Crippen molar-refractivity contribution < 1.29 is 9.53 Å². The van der Waals surface area contributed by atoms with E-state index in [1.807, 2.05) is 6.07 Å². The van der Waals surface area contributed by atoms with E-state index >= 15 is 0 Å². The van der Waals surface area contributed by atoms with Gasteiger partial charge >= 0.3 is 5.97 Å². The number of carbonyl (C=O) groups excluding carboxylic acids is 1. The van der Waals surface area contributed by atoms with Crippen molar-refractivity contribution in [3.8, 4) is 0 Å². The van der Waals surface area contributed by atoms with Gasteiger partial charge in [0.2, 0.25) is 0 Å². The summed E-state index contributed by atoms with van der Waals surface area (Å²) >= 11 is 0. The molecular weight excluding hydrogens is 332 g/mol. The molecule has 1 aromatic rings. The minimum Gasteiger partial charge on any atom is -0.465 e. The van der Waals surface area contributed by atoms with E-state index in [2.05, 4.69) is 38.1 Å². The van der Waals surface area contributed by atoms with Gasteiger partial charge in [0, 0.05) is 0 Å². The molecule has 1 atom stereocenters. The van der Waals surface area contributed by atoms with Gasteiger partial charge in [0.15, 0.2) is 0 Å². The molecule has 0 aliphatic carbocycles. The van der Waals surface area contributed by atoms with Crippen LogP contribution in [0.4, 0.5) is 0 Å². The Morgan fingerprint density at radius 2 is 1.33 bits per heavy atom. The average Bonchev–Trinajstić information content (AvgIpc) is 2.70. The Morgan fingerprint density at radius 3 is 1.96 bits per heavy atom. The molecule has 154 valence electrons. The highest BCUT2D eigenvalue weighted by molar-refractivity contribution is 5.72. The van der Waals surface area contributed by atoms with Gasteiger partial charge in [-0.1, -0.05) is 108 Å². The molecule has 2 heteroatoms. The standard InChI is InChI=1S/C25H42O2/c1-3-5-7-9-10-15-21-24(20-14-8-6-4-2)25(26)27-22-16-19-23-17-12-11-13-18-23/h11-13,17-18,24H,3-10,14-16,19-22H2,1-2H3. The van der Waals surface area contributed by atoms with Gasteiger partial charge in [-0.15, -0.1) is 0 Å². The molecule has 0 heterocycles. The third-order valence-corrected chi connectivity index (χ3v) is 5.34. The first kappa shape index (κ1) is 23.7. The second-order valence-electron chi connectivity index (χ2n) is 7.86. The quantitative estimate of drug-likeness (QED) is 0.208. The van der Waals surface area contributed by atoms with E-state index in [9.17, 15) is 4.79 Å². The van der Waals surface area contributed by atoms with Crippen LogP contribution in [0.5, 0.6) is 0 Å². The average molecular weight is 375 g/mol. The van der Waals surface area contributed by atoms with Crippen LogP contribution in [0.1, 0.15) is 103 Å². The number of aryl methyl sites for hydroxylation is 1. The highest BCUT2D eigenvalue weighted by Gasteiger charge is 2.19. The Morgan fingerprint density at radius 1 is 0.778 bits per heavy atom. The highest BCUT2D eigenvalue weighted by atomic mass is 16.5. The van der Waals surface area contributed by atoms with Crippen molar-refractivity contribution in [1.29, 1.82) is 0 Å². The summed E-state index contributed by atoms with van der Waals surface area (Å²) < 4.78 is 5.64. The number of hydrogen-bond donors (Lipinski definition) is 0. The molecule has 1 rings (SSSR count). The normalized spacial score (nSPS) is 12.1. The van der Waals surface area contributed by atoms with E-state index in [0.29, 0.717) is 6.61 Å². The molecule has 0 aliphatic heterocycles. The van der Waals surface area contributed by atoms with E-state index in [1.54, 1.807) is 0 Å². The largest absolute Gasteiger partial charge is 0.465 e. The Kier molecular flexibility index (Phi) is 14.8. The molecule has 0 fully saturated rings. The summed E-state index contributed by atoms with van der Waals surface area (Å²) in [4.78, 5) is 12.6. The van der Waals surface area contributed by atoms with Gasteiger partial charge in [-0.05, 0) is 31.2 Å². The van der Waals surface area contributed by atoms with Crippen molar-refractivity contribution in [1.82, 2.24) is 0 Å². The molecule has 0 bridgehead atoms. The maximum Gasteiger partial charge on any atom is 0.308 e. The minimum absolute atomic E-state index is 0.0492. The van der Waals surface area contributed by atoms with Gasteiger partial charge in [0.05, 0.1) is 12.5 Å². The van der Waals surface area contributed by atoms with Crippen LogP contribution in [-0.2, 0) is 16.0 Å². The fourth-order valence-corrected chi connectivity index (χ4v) is 3.58. The third-order valence-electron chi connectivity index (χ3n) is 5.34. The number of carbonyl (C=O) groups is 1. The maximum absolute atomic E-state index is 12.6. The molecule has 27 heavy (non-hydrogen) atoms. The lowest BCUT2D eigenvalue weighted by molar-refractivity contribution is -0.149. The third kappa shape index (κ3) is 12.7. The molecule has 0 amide bonds. The van der Waals surface area contributed by atoms with Crippen LogP contribution in [-0.4, -0.2) is 12.6 Å². The van der Waals surface area contributed by atoms with Gasteiger partial charge < -0.3 is 4.74 Å². The summed E-state index contributed by atoms with van der Waals surface area (Å²) in [5.74, 6) is 0.165. The molecule has 0 saturated heterocycles. The molecule has 0 saturated carbocycles. The smallest absolute Gasteiger partial charge is 0.308 e. The monoisotopic (exact) mass is 374 g/mol. The SMILES string of the molecule is CCCCCCCCC(CCCCCC)C(=O)OCCCc1ccccc1. The highest BCUT2D eigenvalue weighted by Crippen LogP contribution is 2.20. The lowest BCUT2D eigenvalue weighted by Crippen LogP contribution is -2.19. The molecule has 0 spiro atoms. The predicted octanol–water partition coefficient (Wildman–Crippen LogP) is 7.50. The summed E-state index contributed by atoms with van der Waals surface area (Å²) in [5.41, 5.74) is 1.32. The summed E-state index contributed by atoms with van der Waals surface area (Å²) in [6.07, 6.45) is 16.5. The van der Waals surface area contributed by atoms with Crippen molar-refractivity contribution in [2.45, 2.75) is 104 Å². The second kappa shape index (κ2) is 16.8. The number of rotatable bonds is 17. The van der Waals surface area contributed by atoms with Crippen molar-refractivity contribution in [3.63, 3.8) is 0 Å². The summed E-state index contributed by atoms with van der Waals surface area (Å²) in [7, 11) is 0. The molecular formula is C25H42O2. The Balaban J connectivity index is 2.27. The van der Waals surface area contributed by atoms with Crippen LogP contribution in [0.15, 0.2) is 30.3 Å². The molecule has 0 N–H and O–H groups in total. The number of ether oxygens (including phenoxy) is 1.